The van der Waals surface area contributed by atoms with Crippen LogP contribution in [0.5, 0.6) is 0 Å². The number of hydrogen-bond donors (Lipinski definition) is 1. The van der Waals surface area contributed by atoms with Crippen molar-refractivity contribution in [1.29, 1.82) is 0 Å². The summed E-state index contributed by atoms with van der Waals surface area (Å²) in [5.41, 5.74) is 15.4. The van der Waals surface area contributed by atoms with E-state index >= 15 is 0 Å². The molecule has 0 saturated heterocycles. The van der Waals surface area contributed by atoms with Gasteiger partial charge in [-0.25, -0.2) is 22.7 Å². The molecule has 6 nitrogen and oxygen atoms in total. The third-order valence-electron chi connectivity index (χ3n) is 11.3. The number of aliphatic hydroxyl groups is 1. The number of aliphatic hydroxyl groups excluding tert-OH is 1. The van der Waals surface area contributed by atoms with E-state index in [1.165, 1.54) is 107 Å². The Hall–Kier alpha value is -5.26. The predicted molar refractivity (Wildman–Crippen MR) is 275 cm³/mol. The van der Waals surface area contributed by atoms with Crippen LogP contribution in [-0.2, 0) is 24.9 Å². The Morgan fingerprint density at radius 2 is 0.894 bits per heavy atom. The van der Waals surface area contributed by atoms with Crippen LogP contribution in [0, 0.1) is 39.8 Å². The molecule has 8 aromatic rings. The number of aromatic nitrogens is 4. The molecule has 8 heterocycles. The van der Waals surface area contributed by atoms with Crippen LogP contribution in [0.1, 0.15) is 94.1 Å². The van der Waals surface area contributed by atoms with E-state index in [4.69, 9.17) is 5.11 Å². The predicted octanol–water partition coefficient (Wildman–Crippen LogP) is 15.9. The number of ketones is 1. The van der Waals surface area contributed by atoms with E-state index in [2.05, 4.69) is 108 Å². The number of nitrogens with zero attached hydrogens (tertiary/aromatic N) is 4. The molecule has 0 spiro atoms. The molecule has 0 atom stereocenters. The van der Waals surface area contributed by atoms with E-state index in [1.807, 2.05) is 83.9 Å². The SMILES string of the molecule is CC(=O)/C=C(/C)O.Cc1sc(-c2ccccn2)[c-]c1C1=C(c2cc(-c3ccccn3)sc2C)CCC1.Cc1sc(-c2ccccn2)[c-]c1C1=C(c2cc(-c3ccccn3)sc2C)CCC1.[Ir]. The van der Waals surface area contributed by atoms with Gasteiger partial charge in [0.2, 0.25) is 0 Å². The van der Waals surface area contributed by atoms with Gasteiger partial charge in [0.15, 0.2) is 5.78 Å². The van der Waals surface area contributed by atoms with Gasteiger partial charge in [-0.1, -0.05) is 96.8 Å². The van der Waals surface area contributed by atoms with Crippen LogP contribution in [-0.4, -0.2) is 30.8 Å². The maximum atomic E-state index is 10.0. The molecule has 66 heavy (non-hydrogen) atoms. The fourth-order valence-corrected chi connectivity index (χ4v) is 12.4. The molecular formula is C55H50IrN4O2S4-2. The number of carbonyl (C=O) groups excluding carboxylic acids is 1. The van der Waals surface area contributed by atoms with Crippen LogP contribution < -0.4 is 0 Å². The minimum atomic E-state index is -0.125. The van der Waals surface area contributed by atoms with Gasteiger partial charge in [0, 0.05) is 72.1 Å². The molecule has 337 valence electrons. The molecule has 0 aromatic carbocycles. The molecule has 0 saturated carbocycles. The van der Waals surface area contributed by atoms with Crippen molar-refractivity contribution in [1.82, 2.24) is 19.9 Å². The minimum absolute atomic E-state index is 0. The van der Waals surface area contributed by atoms with Crippen molar-refractivity contribution in [2.45, 2.75) is 80.1 Å². The second kappa shape index (κ2) is 22.5. The molecule has 0 bridgehead atoms. The summed E-state index contributed by atoms with van der Waals surface area (Å²) >= 11 is 7.28. The summed E-state index contributed by atoms with van der Waals surface area (Å²) < 4.78 is 0. The van der Waals surface area contributed by atoms with Crippen LogP contribution in [0.25, 0.3) is 64.6 Å². The topological polar surface area (TPSA) is 88.9 Å². The van der Waals surface area contributed by atoms with Gasteiger partial charge in [-0.2, -0.15) is 0 Å². The molecule has 2 aliphatic rings. The smallest absolute Gasteiger partial charge is 0.155 e. The molecule has 1 N–H and O–H groups in total. The fraction of sp³-hybridized carbons (Fsp3) is 0.218. The first kappa shape index (κ1) is 48.7. The summed E-state index contributed by atoms with van der Waals surface area (Å²) in [7, 11) is 0. The first-order valence-corrected chi connectivity index (χ1v) is 25.1. The van der Waals surface area contributed by atoms with Gasteiger partial charge in [-0.05, 0) is 110 Å². The third-order valence-corrected chi connectivity index (χ3v) is 15.5. The number of pyridine rings is 4. The van der Waals surface area contributed by atoms with Crippen molar-refractivity contribution in [3.63, 3.8) is 0 Å². The summed E-state index contributed by atoms with van der Waals surface area (Å²) in [6, 6.07) is 36.4. The molecule has 2 aliphatic carbocycles. The summed E-state index contributed by atoms with van der Waals surface area (Å²) in [6.07, 6.45) is 15.5. The quantitative estimate of drug-likeness (QED) is 0.0880. The molecule has 0 unspecified atom stereocenters. The molecule has 0 aliphatic heterocycles. The summed E-state index contributed by atoms with van der Waals surface area (Å²) in [4.78, 5) is 38.3. The number of carbonyl (C=O) groups is 1. The average molecular weight is 1120 g/mol. The van der Waals surface area contributed by atoms with Crippen molar-refractivity contribution in [3.8, 4) is 42.3 Å². The minimum Gasteiger partial charge on any atom is -0.512 e. The van der Waals surface area contributed by atoms with E-state index in [0.717, 1.165) is 58.2 Å². The number of allylic oxidation sites excluding steroid dienone is 6. The first-order valence-electron chi connectivity index (χ1n) is 21.8. The normalized spacial score (nSPS) is 13.5. The third kappa shape index (κ3) is 11.5. The standard InChI is InChI=1S/2C25H21N2S2.C5H8O2.Ir/c2*1-16-20(14-24(28-16)22-10-3-5-12-26-22)18-8-7-9-19(18)21-15-25(29-17(21)2)23-11-4-6-13-27-23;1-4(6)3-5(2)7;/h2*3-6,10-14H,7-9H2,1-2H3;3,6H,1-2H3;/q2*-1;;/b;;4-3-;. The monoisotopic (exact) mass is 1120 g/mol. The largest absolute Gasteiger partial charge is 0.512 e. The Morgan fingerprint density at radius 3 is 1.21 bits per heavy atom. The van der Waals surface area contributed by atoms with Gasteiger partial charge < -0.3 is 15.1 Å². The summed E-state index contributed by atoms with van der Waals surface area (Å²) in [5.74, 6) is -0.0625. The van der Waals surface area contributed by atoms with Crippen molar-refractivity contribution >= 4 is 73.4 Å². The molecule has 1 radical (unpaired) electrons. The molecule has 11 heteroatoms. The average Bonchev–Trinajstić information content (AvgIpc) is 4.19. The number of thiophene rings is 4. The van der Waals surface area contributed by atoms with Crippen LogP contribution in [0.2, 0.25) is 0 Å². The number of hydrogen-bond acceptors (Lipinski definition) is 10. The molecule has 0 fully saturated rings. The van der Waals surface area contributed by atoms with Crippen molar-refractivity contribution in [2.75, 3.05) is 0 Å². The zero-order valence-electron chi connectivity index (χ0n) is 37.8. The Bertz CT molecular complexity index is 2630. The number of aryl methyl sites for hydroxylation is 4. The van der Waals surface area contributed by atoms with Crippen molar-refractivity contribution < 1.29 is 30.0 Å². The summed E-state index contributed by atoms with van der Waals surface area (Å²) in [6.45, 7) is 11.7. The van der Waals surface area contributed by atoms with Crippen molar-refractivity contribution in [3.05, 3.63) is 175 Å². The van der Waals surface area contributed by atoms with Gasteiger partial charge in [-0.15, -0.1) is 57.1 Å². The van der Waals surface area contributed by atoms with Crippen LogP contribution in [0.4, 0.5) is 0 Å². The van der Waals surface area contributed by atoms with Gasteiger partial charge in [-0.3, -0.25) is 14.8 Å². The van der Waals surface area contributed by atoms with Gasteiger partial charge in [0.1, 0.15) is 0 Å². The Morgan fingerprint density at radius 1 is 0.530 bits per heavy atom. The second-order valence-corrected chi connectivity index (χ2v) is 21.0. The summed E-state index contributed by atoms with van der Waals surface area (Å²) in [5, 5.41) is 8.36. The molecule has 0 amide bonds. The fourth-order valence-electron chi connectivity index (χ4n) is 8.43. The Labute approximate surface area is 418 Å². The first-order chi connectivity index (χ1) is 31.5. The van der Waals surface area contributed by atoms with E-state index in [1.54, 1.807) is 22.7 Å². The van der Waals surface area contributed by atoms with E-state index < -0.39 is 0 Å². The van der Waals surface area contributed by atoms with Crippen LogP contribution >= 0.6 is 45.3 Å². The number of rotatable bonds is 9. The van der Waals surface area contributed by atoms with Gasteiger partial charge >= 0.3 is 0 Å². The van der Waals surface area contributed by atoms with E-state index in [0.29, 0.717) is 0 Å². The maximum Gasteiger partial charge on any atom is 0.155 e. The molecule has 10 rings (SSSR count). The molecule has 8 aromatic heterocycles. The zero-order chi connectivity index (χ0) is 45.5. The Kier molecular flexibility index (Phi) is 16.6. The van der Waals surface area contributed by atoms with E-state index in [-0.39, 0.29) is 31.6 Å². The van der Waals surface area contributed by atoms with Gasteiger partial charge in [0.05, 0.1) is 26.9 Å². The van der Waals surface area contributed by atoms with Crippen LogP contribution in [0.3, 0.4) is 0 Å². The maximum absolute atomic E-state index is 10.0. The molecular weight excluding hydrogens is 1070 g/mol. The Balaban J connectivity index is 0.000000170. The zero-order valence-corrected chi connectivity index (χ0v) is 43.5. The van der Waals surface area contributed by atoms with Crippen molar-refractivity contribution in [2.24, 2.45) is 0 Å². The van der Waals surface area contributed by atoms with Crippen LogP contribution in [0.15, 0.2) is 122 Å². The van der Waals surface area contributed by atoms with Gasteiger partial charge in [0.25, 0.3) is 0 Å². The van der Waals surface area contributed by atoms with E-state index in [9.17, 15) is 4.79 Å². The second-order valence-electron chi connectivity index (χ2n) is 16.0.